The van der Waals surface area contributed by atoms with Gasteiger partial charge in [0.15, 0.2) is 0 Å². The summed E-state index contributed by atoms with van der Waals surface area (Å²) in [7, 11) is 2.23. The Morgan fingerprint density at radius 2 is 1.88 bits per heavy atom. The molecule has 98 valence electrons. The molecule has 16 heavy (non-hydrogen) atoms. The molecule has 2 heteroatoms. The second-order valence-electron chi connectivity index (χ2n) is 5.35. The van der Waals surface area contributed by atoms with Crippen molar-refractivity contribution >= 4 is 0 Å². The molecule has 0 aromatic heterocycles. The number of hydrogen-bond donors (Lipinski definition) is 1. The van der Waals surface area contributed by atoms with Gasteiger partial charge >= 0.3 is 0 Å². The molecule has 0 saturated heterocycles. The summed E-state index contributed by atoms with van der Waals surface area (Å²) in [6.07, 6.45) is 6.45. The standard InChI is InChI=1S/C14H32N2/c1-6-9-10-13(7-2)11-16(5)14(4,8-3)12-15/h13H,6-12,15H2,1-5H3. The molecular weight excluding hydrogens is 196 g/mol. The molecular formula is C14H32N2. The molecule has 2 nitrogen and oxygen atoms in total. The lowest BCUT2D eigenvalue weighted by molar-refractivity contribution is 0.113. The quantitative estimate of drug-likeness (QED) is 0.656. The molecule has 0 aliphatic carbocycles. The molecule has 0 rings (SSSR count). The Hall–Kier alpha value is -0.0800. The molecule has 0 aliphatic rings. The van der Waals surface area contributed by atoms with E-state index in [0.717, 1.165) is 18.9 Å². The first-order chi connectivity index (χ1) is 7.53. The summed E-state index contributed by atoms with van der Waals surface area (Å²) in [5.41, 5.74) is 6.07. The molecule has 0 saturated carbocycles. The predicted molar refractivity (Wildman–Crippen MR) is 73.7 cm³/mol. The smallest absolute Gasteiger partial charge is 0.0298 e. The van der Waals surface area contributed by atoms with Crippen molar-refractivity contribution in [2.75, 3.05) is 20.1 Å². The van der Waals surface area contributed by atoms with Gasteiger partial charge in [-0.25, -0.2) is 0 Å². The van der Waals surface area contributed by atoms with E-state index in [9.17, 15) is 0 Å². The lowest BCUT2D eigenvalue weighted by Gasteiger charge is -2.39. The number of nitrogens with zero attached hydrogens (tertiary/aromatic N) is 1. The zero-order valence-corrected chi connectivity index (χ0v) is 12.1. The maximum atomic E-state index is 5.89. The first-order valence-corrected chi connectivity index (χ1v) is 6.95. The highest BCUT2D eigenvalue weighted by Crippen LogP contribution is 2.21. The Bertz CT molecular complexity index is 164. The van der Waals surface area contributed by atoms with Gasteiger partial charge in [0, 0.05) is 18.6 Å². The van der Waals surface area contributed by atoms with Gasteiger partial charge in [0.2, 0.25) is 0 Å². The van der Waals surface area contributed by atoms with Crippen molar-refractivity contribution in [1.82, 2.24) is 4.90 Å². The average molecular weight is 228 g/mol. The first-order valence-electron chi connectivity index (χ1n) is 6.95. The molecule has 0 aromatic carbocycles. The molecule has 0 bridgehead atoms. The van der Waals surface area contributed by atoms with Gasteiger partial charge in [-0.1, -0.05) is 40.0 Å². The van der Waals surface area contributed by atoms with Gasteiger partial charge in [0.1, 0.15) is 0 Å². The van der Waals surface area contributed by atoms with Crippen LogP contribution in [0.5, 0.6) is 0 Å². The van der Waals surface area contributed by atoms with Crippen molar-refractivity contribution in [2.45, 2.75) is 65.3 Å². The van der Waals surface area contributed by atoms with Gasteiger partial charge in [0.25, 0.3) is 0 Å². The van der Waals surface area contributed by atoms with Gasteiger partial charge in [-0.15, -0.1) is 0 Å². The van der Waals surface area contributed by atoms with Crippen LogP contribution in [0.4, 0.5) is 0 Å². The summed E-state index contributed by atoms with van der Waals surface area (Å²) in [6, 6.07) is 0. The van der Waals surface area contributed by atoms with Crippen LogP contribution in [-0.4, -0.2) is 30.6 Å². The van der Waals surface area contributed by atoms with E-state index in [0.29, 0.717) is 0 Å². The minimum atomic E-state index is 0.180. The van der Waals surface area contributed by atoms with E-state index >= 15 is 0 Å². The fourth-order valence-corrected chi connectivity index (χ4v) is 2.10. The normalized spacial score (nSPS) is 17.4. The summed E-state index contributed by atoms with van der Waals surface area (Å²) in [4.78, 5) is 2.47. The van der Waals surface area contributed by atoms with Crippen LogP contribution in [0.1, 0.15) is 59.8 Å². The summed E-state index contributed by atoms with van der Waals surface area (Å²) < 4.78 is 0. The molecule has 0 radical (unpaired) electrons. The lowest BCUT2D eigenvalue weighted by atomic mass is 9.93. The van der Waals surface area contributed by atoms with Crippen LogP contribution in [0.2, 0.25) is 0 Å². The third kappa shape index (κ3) is 4.84. The van der Waals surface area contributed by atoms with Gasteiger partial charge in [-0.05, 0) is 32.7 Å². The summed E-state index contributed by atoms with van der Waals surface area (Å²) in [5, 5.41) is 0. The van der Waals surface area contributed by atoms with Crippen LogP contribution in [0.3, 0.4) is 0 Å². The van der Waals surface area contributed by atoms with E-state index < -0.39 is 0 Å². The van der Waals surface area contributed by atoms with Crippen molar-refractivity contribution < 1.29 is 0 Å². The maximum absolute atomic E-state index is 5.89. The lowest BCUT2D eigenvalue weighted by Crippen LogP contribution is -2.50. The van der Waals surface area contributed by atoms with Crippen LogP contribution >= 0.6 is 0 Å². The highest BCUT2D eigenvalue weighted by atomic mass is 15.2. The molecule has 0 fully saturated rings. The minimum Gasteiger partial charge on any atom is -0.329 e. The molecule has 2 unspecified atom stereocenters. The topological polar surface area (TPSA) is 29.3 Å². The van der Waals surface area contributed by atoms with Crippen molar-refractivity contribution in [3.8, 4) is 0 Å². The molecule has 0 heterocycles. The van der Waals surface area contributed by atoms with E-state index in [1.165, 1.54) is 32.2 Å². The van der Waals surface area contributed by atoms with Crippen molar-refractivity contribution in [3.63, 3.8) is 0 Å². The van der Waals surface area contributed by atoms with E-state index in [1.807, 2.05) is 0 Å². The first kappa shape index (κ1) is 15.9. The van der Waals surface area contributed by atoms with Crippen LogP contribution in [-0.2, 0) is 0 Å². The second-order valence-corrected chi connectivity index (χ2v) is 5.35. The van der Waals surface area contributed by atoms with Crippen molar-refractivity contribution in [3.05, 3.63) is 0 Å². The van der Waals surface area contributed by atoms with Gasteiger partial charge in [0.05, 0.1) is 0 Å². The number of unbranched alkanes of at least 4 members (excludes halogenated alkanes) is 1. The van der Waals surface area contributed by atoms with Crippen LogP contribution < -0.4 is 5.73 Å². The van der Waals surface area contributed by atoms with Gasteiger partial charge in [-0.3, -0.25) is 4.90 Å². The zero-order valence-electron chi connectivity index (χ0n) is 12.1. The minimum absolute atomic E-state index is 0.180. The number of nitrogens with two attached hydrogens (primary N) is 1. The van der Waals surface area contributed by atoms with Gasteiger partial charge < -0.3 is 5.73 Å². The van der Waals surface area contributed by atoms with E-state index in [4.69, 9.17) is 5.73 Å². The van der Waals surface area contributed by atoms with Crippen molar-refractivity contribution in [1.29, 1.82) is 0 Å². The molecule has 0 amide bonds. The van der Waals surface area contributed by atoms with E-state index in [1.54, 1.807) is 0 Å². The predicted octanol–water partition coefficient (Wildman–Crippen LogP) is 3.26. The number of likely N-dealkylation sites (N-methyl/N-ethyl adjacent to an activating group) is 1. The second kappa shape index (κ2) is 8.08. The van der Waals surface area contributed by atoms with E-state index in [2.05, 4.69) is 39.6 Å². The van der Waals surface area contributed by atoms with Crippen molar-refractivity contribution in [2.24, 2.45) is 11.7 Å². The average Bonchev–Trinajstić information content (AvgIpc) is 2.32. The summed E-state index contributed by atoms with van der Waals surface area (Å²) in [5.74, 6) is 0.836. The Morgan fingerprint density at radius 3 is 2.25 bits per heavy atom. The largest absolute Gasteiger partial charge is 0.329 e. The monoisotopic (exact) mass is 228 g/mol. The highest BCUT2D eigenvalue weighted by Gasteiger charge is 2.26. The van der Waals surface area contributed by atoms with Crippen LogP contribution in [0.25, 0.3) is 0 Å². The Morgan fingerprint density at radius 1 is 1.25 bits per heavy atom. The van der Waals surface area contributed by atoms with Crippen LogP contribution in [0.15, 0.2) is 0 Å². The highest BCUT2D eigenvalue weighted by molar-refractivity contribution is 4.85. The van der Waals surface area contributed by atoms with Crippen LogP contribution in [0, 0.1) is 5.92 Å². The Kier molecular flexibility index (Phi) is 8.04. The summed E-state index contributed by atoms with van der Waals surface area (Å²) >= 11 is 0. The fourth-order valence-electron chi connectivity index (χ4n) is 2.10. The maximum Gasteiger partial charge on any atom is 0.0298 e. The molecule has 2 N–H and O–H groups in total. The molecule has 2 atom stereocenters. The number of rotatable bonds is 9. The third-order valence-corrected chi connectivity index (χ3v) is 4.20. The summed E-state index contributed by atoms with van der Waals surface area (Å²) in [6.45, 7) is 11.0. The molecule has 0 aliphatic heterocycles. The molecule has 0 aromatic rings. The number of hydrogen-bond acceptors (Lipinski definition) is 2. The molecule has 0 spiro atoms. The SMILES string of the molecule is CCCCC(CC)CN(C)C(C)(CC)CN. The fraction of sp³-hybridized carbons (Fsp3) is 1.00. The zero-order chi connectivity index (χ0) is 12.6. The Labute approximate surface area is 103 Å². The van der Waals surface area contributed by atoms with Gasteiger partial charge in [-0.2, -0.15) is 0 Å². The Balaban J connectivity index is 4.21. The third-order valence-electron chi connectivity index (χ3n) is 4.20. The van der Waals surface area contributed by atoms with E-state index in [-0.39, 0.29) is 5.54 Å².